The van der Waals surface area contributed by atoms with Crippen molar-refractivity contribution < 1.29 is 18.3 Å². The van der Waals surface area contributed by atoms with E-state index >= 15 is 0 Å². The molecule has 0 aromatic carbocycles. The van der Waals surface area contributed by atoms with E-state index in [2.05, 4.69) is 71.1 Å². The summed E-state index contributed by atoms with van der Waals surface area (Å²) < 4.78 is 1.46. The molecule has 0 saturated heterocycles. The minimum atomic E-state index is 0.283. The van der Waals surface area contributed by atoms with Crippen LogP contribution in [0.5, 0.6) is 0 Å². The minimum absolute atomic E-state index is 0.283. The van der Waals surface area contributed by atoms with E-state index in [4.69, 9.17) is 11.6 Å². The standard InChI is InChI=1S/C10H15.C8H11Cl.Ru/c1-7-6-10(4,5)9(3)8(7)2;9-8-6-4-2-1-3-5-7-8;/h1-5H3;1-2,7H,3-6H2;. The van der Waals surface area contributed by atoms with Crippen LogP contribution in [0.3, 0.4) is 0 Å². The molecule has 0 aliphatic heterocycles. The van der Waals surface area contributed by atoms with Crippen molar-refractivity contribution in [2.75, 3.05) is 0 Å². The molecule has 0 atom stereocenters. The third-order valence-electron chi connectivity index (χ3n) is 4.33. The molecule has 113 valence electrons. The Balaban J connectivity index is 0.000000204. The van der Waals surface area contributed by atoms with Crippen molar-refractivity contribution in [3.05, 3.63) is 44.1 Å². The van der Waals surface area contributed by atoms with Crippen molar-refractivity contribution in [1.82, 2.24) is 0 Å². The van der Waals surface area contributed by atoms with Crippen molar-refractivity contribution >= 4 is 11.6 Å². The van der Waals surface area contributed by atoms with E-state index in [1.807, 2.05) is 0 Å². The van der Waals surface area contributed by atoms with E-state index < -0.39 is 0 Å². The van der Waals surface area contributed by atoms with Crippen molar-refractivity contribution in [3.8, 4) is 0 Å². The van der Waals surface area contributed by atoms with Gasteiger partial charge in [-0.05, 0) is 25.7 Å². The maximum atomic E-state index is 5.82. The Morgan fingerprint density at radius 3 is 2.05 bits per heavy atom. The monoisotopic (exact) mass is 379 g/mol. The zero-order valence-corrected chi connectivity index (χ0v) is 15.8. The molecule has 2 heteroatoms. The molecule has 0 fully saturated rings. The number of hydrogen-bond acceptors (Lipinski definition) is 0. The van der Waals surface area contributed by atoms with Gasteiger partial charge < -0.3 is 0 Å². The topological polar surface area (TPSA) is 0 Å². The summed E-state index contributed by atoms with van der Waals surface area (Å²) in [7, 11) is 0. The predicted molar refractivity (Wildman–Crippen MR) is 86.4 cm³/mol. The van der Waals surface area contributed by atoms with Gasteiger partial charge in [0.25, 0.3) is 0 Å². The SMILES string of the molecule is CC1=C(C)C(C)(C)[C]([Ru])=C1C.ClC1=CCCC=CCC1. The molecule has 0 N–H and O–H groups in total. The van der Waals surface area contributed by atoms with Gasteiger partial charge in [-0.2, -0.15) is 0 Å². The van der Waals surface area contributed by atoms with Gasteiger partial charge in [0.2, 0.25) is 0 Å². The van der Waals surface area contributed by atoms with E-state index in [1.165, 1.54) is 20.9 Å². The van der Waals surface area contributed by atoms with Gasteiger partial charge in [0.1, 0.15) is 0 Å². The largest absolute Gasteiger partial charge is 0.0895 e. The zero-order valence-electron chi connectivity index (χ0n) is 13.3. The molecule has 0 aromatic rings. The summed E-state index contributed by atoms with van der Waals surface area (Å²) in [5.74, 6) is 0. The van der Waals surface area contributed by atoms with Gasteiger partial charge in [0.05, 0.1) is 0 Å². The summed E-state index contributed by atoms with van der Waals surface area (Å²) in [5.41, 5.74) is 4.74. The fourth-order valence-corrected chi connectivity index (χ4v) is 3.30. The average Bonchev–Trinajstić information content (AvgIpc) is 2.51. The first kappa shape index (κ1) is 17.9. The Morgan fingerprint density at radius 1 is 1.00 bits per heavy atom. The fourth-order valence-electron chi connectivity index (χ4n) is 2.43. The van der Waals surface area contributed by atoms with Crippen molar-refractivity contribution in [1.29, 1.82) is 0 Å². The van der Waals surface area contributed by atoms with Crippen molar-refractivity contribution in [2.45, 2.75) is 60.3 Å². The fraction of sp³-hybridized carbons (Fsp3) is 0.556. The molecule has 20 heavy (non-hydrogen) atoms. The third-order valence-corrected chi connectivity index (χ3v) is 6.41. The van der Waals surface area contributed by atoms with Crippen LogP contribution in [-0.2, 0) is 18.3 Å². The van der Waals surface area contributed by atoms with Crippen LogP contribution in [-0.4, -0.2) is 0 Å². The van der Waals surface area contributed by atoms with Gasteiger partial charge in [-0.25, -0.2) is 0 Å². The van der Waals surface area contributed by atoms with Crippen LogP contribution in [0.4, 0.5) is 0 Å². The van der Waals surface area contributed by atoms with Crippen LogP contribution in [0.1, 0.15) is 60.3 Å². The first-order chi connectivity index (χ1) is 9.28. The molecule has 0 nitrogen and oxygen atoms in total. The molecule has 0 unspecified atom stereocenters. The van der Waals surface area contributed by atoms with Crippen LogP contribution in [0.15, 0.2) is 44.1 Å². The number of rotatable bonds is 0. The molecule has 2 rings (SSSR count). The second kappa shape index (κ2) is 7.76. The average molecular weight is 379 g/mol. The van der Waals surface area contributed by atoms with E-state index in [0.717, 1.165) is 30.7 Å². The minimum Gasteiger partial charge on any atom is -0.0895 e. The van der Waals surface area contributed by atoms with E-state index in [9.17, 15) is 0 Å². The molecule has 0 radical (unpaired) electrons. The first-order valence-electron chi connectivity index (χ1n) is 7.32. The molecular formula is C18H26ClRu. The molecule has 0 aromatic heterocycles. The van der Waals surface area contributed by atoms with Crippen LogP contribution in [0.2, 0.25) is 0 Å². The van der Waals surface area contributed by atoms with E-state index in [0.29, 0.717) is 0 Å². The van der Waals surface area contributed by atoms with Crippen LogP contribution in [0, 0.1) is 5.41 Å². The molecule has 2 aliphatic carbocycles. The summed E-state index contributed by atoms with van der Waals surface area (Å²) in [4.78, 5) is 0. The Hall–Kier alpha value is -0.127. The molecular weight excluding hydrogens is 353 g/mol. The summed E-state index contributed by atoms with van der Waals surface area (Å²) in [6, 6.07) is 0. The molecule has 2 aliphatic rings. The maximum absolute atomic E-state index is 5.82. The summed E-state index contributed by atoms with van der Waals surface area (Å²) in [6.45, 7) is 11.2. The second-order valence-electron chi connectivity index (χ2n) is 6.04. The van der Waals surface area contributed by atoms with Crippen LogP contribution >= 0.6 is 11.6 Å². The Bertz CT molecular complexity index is 450. The normalized spacial score (nSPS) is 22.1. The van der Waals surface area contributed by atoms with Gasteiger partial charge in [-0.1, -0.05) is 29.8 Å². The summed E-state index contributed by atoms with van der Waals surface area (Å²) >= 11 is 8.59. The Labute approximate surface area is 139 Å². The maximum Gasteiger partial charge on any atom is 0.0144 e. The van der Waals surface area contributed by atoms with E-state index in [-0.39, 0.29) is 5.41 Å². The zero-order chi connectivity index (χ0) is 15.3. The summed E-state index contributed by atoms with van der Waals surface area (Å²) in [5, 5.41) is 1.03. The molecule has 0 saturated carbocycles. The van der Waals surface area contributed by atoms with Gasteiger partial charge in [0.15, 0.2) is 0 Å². The molecule has 0 spiro atoms. The second-order valence-corrected chi connectivity index (χ2v) is 7.39. The van der Waals surface area contributed by atoms with Gasteiger partial charge >= 0.3 is 79.2 Å². The van der Waals surface area contributed by atoms with E-state index in [1.54, 1.807) is 0 Å². The number of hydrogen-bond donors (Lipinski definition) is 0. The first-order valence-corrected chi connectivity index (χ1v) is 8.56. The van der Waals surface area contributed by atoms with Crippen LogP contribution < -0.4 is 0 Å². The van der Waals surface area contributed by atoms with Gasteiger partial charge in [0, 0.05) is 5.03 Å². The summed E-state index contributed by atoms with van der Waals surface area (Å²) in [6.07, 6.45) is 10.9. The van der Waals surface area contributed by atoms with Crippen molar-refractivity contribution in [2.24, 2.45) is 5.41 Å². The quantitative estimate of drug-likeness (QED) is 0.337. The van der Waals surface area contributed by atoms with Crippen molar-refractivity contribution in [3.63, 3.8) is 0 Å². The number of allylic oxidation sites excluding steroid dienone is 8. The Morgan fingerprint density at radius 2 is 1.60 bits per heavy atom. The molecule has 0 heterocycles. The third kappa shape index (κ3) is 4.44. The van der Waals surface area contributed by atoms with Crippen LogP contribution in [0.25, 0.3) is 0 Å². The smallest absolute Gasteiger partial charge is 0.0144 e. The molecule has 0 amide bonds. The molecule has 0 bridgehead atoms. The number of halogens is 1. The van der Waals surface area contributed by atoms with Gasteiger partial charge in [-0.15, -0.1) is 0 Å². The Kier molecular flexibility index (Phi) is 6.95. The predicted octanol–water partition coefficient (Wildman–Crippen LogP) is 6.42. The van der Waals surface area contributed by atoms with Gasteiger partial charge in [-0.3, -0.25) is 0 Å².